The summed E-state index contributed by atoms with van der Waals surface area (Å²) in [6.45, 7) is 2.84. The lowest BCUT2D eigenvalue weighted by atomic mass is 9.88. The lowest BCUT2D eigenvalue weighted by molar-refractivity contribution is -0.127. The fourth-order valence-corrected chi connectivity index (χ4v) is 2.91. The molecule has 1 saturated heterocycles. The van der Waals surface area contributed by atoms with Crippen molar-refractivity contribution in [3.8, 4) is 0 Å². The predicted octanol–water partition coefficient (Wildman–Crippen LogP) is 2.20. The Labute approximate surface area is 120 Å². The molecule has 0 spiro atoms. The number of anilines is 1. The van der Waals surface area contributed by atoms with E-state index in [1.54, 1.807) is 7.05 Å². The number of hydrogen-bond donors (Lipinski definition) is 1. The number of para-hydroxylation sites is 1. The van der Waals surface area contributed by atoms with Gasteiger partial charge in [0.15, 0.2) is 0 Å². The highest BCUT2D eigenvalue weighted by Crippen LogP contribution is 2.34. The van der Waals surface area contributed by atoms with E-state index in [0.29, 0.717) is 6.42 Å². The zero-order valence-corrected chi connectivity index (χ0v) is 12.1. The second kappa shape index (κ2) is 6.55. The second-order valence-electron chi connectivity index (χ2n) is 5.32. The molecule has 0 saturated carbocycles. The van der Waals surface area contributed by atoms with Gasteiger partial charge in [0.1, 0.15) is 0 Å². The van der Waals surface area contributed by atoms with Gasteiger partial charge in [-0.2, -0.15) is 0 Å². The van der Waals surface area contributed by atoms with Gasteiger partial charge in [-0.1, -0.05) is 31.5 Å². The van der Waals surface area contributed by atoms with Gasteiger partial charge < -0.3 is 10.2 Å². The highest BCUT2D eigenvalue weighted by atomic mass is 16.2. The number of benzene rings is 1. The first-order valence-electron chi connectivity index (χ1n) is 7.24. The minimum absolute atomic E-state index is 0.0561. The standard InChI is InChI=1S/C16H22N2O2/c1-3-7-12-11-18(13-8-5-4-6-9-13)16(20)14(12)10-15(19)17-2/h4-6,8-9,12,14H,3,7,10-11H2,1-2H3,(H,17,19)/t12-,14-/m0/s1. The molecule has 1 heterocycles. The average Bonchev–Trinajstić information content (AvgIpc) is 2.77. The van der Waals surface area contributed by atoms with Crippen LogP contribution in [0.15, 0.2) is 30.3 Å². The van der Waals surface area contributed by atoms with Crippen LogP contribution < -0.4 is 10.2 Å². The first-order valence-corrected chi connectivity index (χ1v) is 7.24. The predicted molar refractivity (Wildman–Crippen MR) is 79.4 cm³/mol. The quantitative estimate of drug-likeness (QED) is 0.895. The van der Waals surface area contributed by atoms with E-state index < -0.39 is 0 Å². The van der Waals surface area contributed by atoms with Gasteiger partial charge in [0.25, 0.3) is 0 Å². The molecule has 1 aliphatic heterocycles. The van der Waals surface area contributed by atoms with Gasteiger partial charge in [-0.05, 0) is 24.5 Å². The van der Waals surface area contributed by atoms with Crippen molar-refractivity contribution in [3.63, 3.8) is 0 Å². The molecule has 1 aromatic carbocycles. The molecule has 2 amide bonds. The molecular weight excluding hydrogens is 252 g/mol. The number of amides is 2. The smallest absolute Gasteiger partial charge is 0.230 e. The maximum atomic E-state index is 12.6. The summed E-state index contributed by atoms with van der Waals surface area (Å²) in [5.74, 6) is 0.109. The first kappa shape index (κ1) is 14.6. The maximum absolute atomic E-state index is 12.6. The molecule has 0 radical (unpaired) electrons. The van der Waals surface area contributed by atoms with Gasteiger partial charge in [0.05, 0.1) is 5.92 Å². The van der Waals surface area contributed by atoms with E-state index in [2.05, 4.69) is 12.2 Å². The Morgan fingerprint density at radius 3 is 2.65 bits per heavy atom. The summed E-state index contributed by atoms with van der Waals surface area (Å²) in [6.07, 6.45) is 2.31. The fourth-order valence-electron chi connectivity index (χ4n) is 2.91. The molecule has 0 bridgehead atoms. The van der Waals surface area contributed by atoms with Gasteiger partial charge in [0.2, 0.25) is 11.8 Å². The van der Waals surface area contributed by atoms with E-state index in [9.17, 15) is 9.59 Å². The summed E-state index contributed by atoms with van der Waals surface area (Å²) in [5.41, 5.74) is 0.929. The molecule has 1 aliphatic rings. The lowest BCUT2D eigenvalue weighted by Gasteiger charge is -2.16. The number of rotatable bonds is 5. The normalized spacial score (nSPS) is 22.1. The molecule has 2 atom stereocenters. The van der Waals surface area contributed by atoms with E-state index in [-0.39, 0.29) is 23.7 Å². The van der Waals surface area contributed by atoms with E-state index in [4.69, 9.17) is 0 Å². The number of carbonyl (C=O) groups excluding carboxylic acids is 2. The molecule has 4 heteroatoms. The minimum Gasteiger partial charge on any atom is -0.359 e. The van der Waals surface area contributed by atoms with Crippen LogP contribution in [0.25, 0.3) is 0 Å². The van der Waals surface area contributed by atoms with Crippen molar-refractivity contribution in [3.05, 3.63) is 30.3 Å². The Balaban J connectivity index is 2.18. The van der Waals surface area contributed by atoms with Crippen LogP contribution in [0.4, 0.5) is 5.69 Å². The van der Waals surface area contributed by atoms with Gasteiger partial charge >= 0.3 is 0 Å². The van der Waals surface area contributed by atoms with Crippen LogP contribution in [0.2, 0.25) is 0 Å². The molecule has 1 aromatic rings. The molecular formula is C16H22N2O2. The van der Waals surface area contributed by atoms with Gasteiger partial charge in [0, 0.05) is 25.7 Å². The van der Waals surface area contributed by atoms with Gasteiger partial charge in [-0.15, -0.1) is 0 Å². The van der Waals surface area contributed by atoms with Crippen molar-refractivity contribution < 1.29 is 9.59 Å². The fraction of sp³-hybridized carbons (Fsp3) is 0.500. The summed E-state index contributed by atoms with van der Waals surface area (Å²) in [7, 11) is 1.62. The SMILES string of the molecule is CCC[C@H]1CN(c2ccccc2)C(=O)[C@H]1CC(=O)NC. The molecule has 1 N–H and O–H groups in total. The van der Waals surface area contributed by atoms with Crippen LogP contribution in [0.3, 0.4) is 0 Å². The summed E-state index contributed by atoms with van der Waals surface area (Å²) in [4.78, 5) is 26.0. The van der Waals surface area contributed by atoms with Crippen molar-refractivity contribution in [1.29, 1.82) is 0 Å². The molecule has 2 rings (SSSR count). The van der Waals surface area contributed by atoms with Crippen LogP contribution in [0.5, 0.6) is 0 Å². The zero-order valence-electron chi connectivity index (χ0n) is 12.1. The van der Waals surface area contributed by atoms with E-state index in [1.807, 2.05) is 35.2 Å². The summed E-state index contributed by atoms with van der Waals surface area (Å²) in [6, 6.07) is 9.70. The Bertz CT molecular complexity index is 473. The van der Waals surface area contributed by atoms with E-state index >= 15 is 0 Å². The van der Waals surface area contributed by atoms with Crippen molar-refractivity contribution in [1.82, 2.24) is 5.32 Å². The second-order valence-corrected chi connectivity index (χ2v) is 5.32. The third kappa shape index (κ3) is 3.00. The van der Waals surface area contributed by atoms with Crippen LogP contribution in [-0.2, 0) is 9.59 Å². The number of hydrogen-bond acceptors (Lipinski definition) is 2. The van der Waals surface area contributed by atoms with Gasteiger partial charge in [-0.25, -0.2) is 0 Å². The topological polar surface area (TPSA) is 49.4 Å². The van der Waals surface area contributed by atoms with Crippen molar-refractivity contribution in [2.24, 2.45) is 11.8 Å². The first-order chi connectivity index (χ1) is 9.67. The Morgan fingerprint density at radius 2 is 2.05 bits per heavy atom. The Hall–Kier alpha value is -1.84. The highest BCUT2D eigenvalue weighted by molar-refractivity contribution is 5.99. The van der Waals surface area contributed by atoms with Crippen molar-refractivity contribution in [2.75, 3.05) is 18.5 Å². The van der Waals surface area contributed by atoms with Crippen molar-refractivity contribution in [2.45, 2.75) is 26.2 Å². The molecule has 20 heavy (non-hydrogen) atoms. The van der Waals surface area contributed by atoms with E-state index in [0.717, 1.165) is 25.1 Å². The zero-order chi connectivity index (χ0) is 14.5. The van der Waals surface area contributed by atoms with Crippen LogP contribution in [0.1, 0.15) is 26.2 Å². The maximum Gasteiger partial charge on any atom is 0.230 e. The monoisotopic (exact) mass is 274 g/mol. The van der Waals surface area contributed by atoms with Crippen LogP contribution in [0, 0.1) is 11.8 Å². The molecule has 0 aliphatic carbocycles. The molecule has 108 valence electrons. The van der Waals surface area contributed by atoms with E-state index in [1.165, 1.54) is 0 Å². The number of carbonyl (C=O) groups is 2. The summed E-state index contributed by atoms with van der Waals surface area (Å²) in [5, 5.41) is 2.62. The third-order valence-corrected chi connectivity index (χ3v) is 3.98. The average molecular weight is 274 g/mol. The largest absolute Gasteiger partial charge is 0.359 e. The van der Waals surface area contributed by atoms with Crippen molar-refractivity contribution >= 4 is 17.5 Å². The van der Waals surface area contributed by atoms with Gasteiger partial charge in [-0.3, -0.25) is 9.59 Å². The third-order valence-electron chi connectivity index (χ3n) is 3.98. The molecule has 0 unspecified atom stereocenters. The number of nitrogens with zero attached hydrogens (tertiary/aromatic N) is 1. The Morgan fingerprint density at radius 1 is 1.35 bits per heavy atom. The van der Waals surface area contributed by atoms with Crippen LogP contribution in [-0.4, -0.2) is 25.4 Å². The summed E-state index contributed by atoms with van der Waals surface area (Å²) < 4.78 is 0. The minimum atomic E-state index is -0.185. The Kier molecular flexibility index (Phi) is 4.77. The summed E-state index contributed by atoms with van der Waals surface area (Å²) >= 11 is 0. The molecule has 1 fully saturated rings. The lowest BCUT2D eigenvalue weighted by Crippen LogP contribution is -2.30. The highest BCUT2D eigenvalue weighted by Gasteiger charge is 2.41. The number of nitrogens with one attached hydrogen (secondary N) is 1. The van der Waals surface area contributed by atoms with Crippen LogP contribution >= 0.6 is 0 Å². The molecule has 0 aromatic heterocycles. The molecule has 4 nitrogen and oxygen atoms in total.